The lowest BCUT2D eigenvalue weighted by Gasteiger charge is -2.31. The third kappa shape index (κ3) is 23.7. The number of benzene rings is 9. The second-order valence-electron chi connectivity index (χ2n) is 45.0. The lowest BCUT2D eigenvalue weighted by atomic mass is 9.89. The maximum Gasteiger partial charge on any atom is 0.227 e. The number of amides is 1. The number of furan rings is 4. The van der Waals surface area contributed by atoms with Crippen LogP contribution in [0.3, 0.4) is 0 Å². The Morgan fingerprint density at radius 1 is 0.379 bits per heavy atom. The zero-order chi connectivity index (χ0) is 100. The first-order chi connectivity index (χ1) is 66.6. The topological polar surface area (TPSA) is 152 Å². The molecule has 9 aromatic carbocycles. The molecule has 11 heterocycles. The van der Waals surface area contributed by atoms with Crippen molar-refractivity contribution in [3.63, 3.8) is 0 Å². The number of fused-ring (bicyclic) bond motifs is 14. The van der Waals surface area contributed by atoms with Gasteiger partial charge in [-0.15, -0.1) is 0 Å². The molecule has 0 fully saturated rings. The number of halogens is 1. The summed E-state index contributed by atoms with van der Waals surface area (Å²) in [4.78, 5) is 35.5. The van der Waals surface area contributed by atoms with Crippen molar-refractivity contribution in [2.24, 2.45) is 29.6 Å². The minimum Gasteiger partial charge on any atom is -0.493 e. The summed E-state index contributed by atoms with van der Waals surface area (Å²) in [6.45, 7) is 68.9. The van der Waals surface area contributed by atoms with E-state index < -0.39 is 0 Å². The molecule has 21 rings (SSSR count). The molecule has 0 saturated heterocycles. The number of carbonyl (C=O) groups is 1. The Morgan fingerprint density at radius 2 is 0.900 bits per heavy atom. The molecule has 14 heteroatoms. The number of rotatable bonds is 14. The molecule has 13 nitrogen and oxygen atoms in total. The van der Waals surface area contributed by atoms with Gasteiger partial charge in [0.15, 0.2) is 5.82 Å². The van der Waals surface area contributed by atoms with E-state index in [4.69, 9.17) is 37.4 Å². The van der Waals surface area contributed by atoms with Gasteiger partial charge < -0.3 is 37.6 Å². The van der Waals surface area contributed by atoms with Gasteiger partial charge in [0.2, 0.25) is 5.91 Å². The highest BCUT2D eigenvalue weighted by Gasteiger charge is 2.31. The van der Waals surface area contributed by atoms with Crippen molar-refractivity contribution in [1.82, 2.24) is 29.7 Å². The smallest absolute Gasteiger partial charge is 0.227 e. The van der Waals surface area contributed by atoms with Gasteiger partial charge in [-0.1, -0.05) is 220 Å². The van der Waals surface area contributed by atoms with Crippen LogP contribution >= 0.6 is 0 Å². The van der Waals surface area contributed by atoms with Crippen LogP contribution in [0.1, 0.15) is 361 Å². The zero-order valence-corrected chi connectivity index (χ0v) is 89.6. The predicted molar refractivity (Wildman–Crippen MR) is 588 cm³/mol. The van der Waals surface area contributed by atoms with Crippen molar-refractivity contribution in [3.05, 3.63) is 270 Å². The number of aromatic nitrogens is 4. The van der Waals surface area contributed by atoms with Crippen LogP contribution in [0.5, 0.6) is 5.75 Å². The van der Waals surface area contributed by atoms with Gasteiger partial charge in [0.25, 0.3) is 0 Å². The Balaban J connectivity index is 0.000000124. The van der Waals surface area contributed by atoms with Gasteiger partial charge in [-0.25, -0.2) is 19.3 Å². The quantitative estimate of drug-likeness (QED) is 0.100. The monoisotopic (exact) mass is 1880 g/mol. The standard InChI is InChI=1S/C20H29NO2.C19H27N.C19H21N.C18H20N2.C17H19FO2.C17H24N2.C16H18O2/c1-12(2)16-6-5-15-9-18-14(10-19(15)23-11-16)7-8-17(13(3)4)20(22)21-18;1-13(2)17-11-18-9-15-5-7-20(14(3)4)8-6-16(15)10-19(18)12-17;1-12(2)14-7-8-18-17(9-14)10-16-6-5-15(13(3)4)11-19(16)20-18;1-11(2)13-5-7-15-17(9-13)19-16-8-6-14(12(3)4)10-18(16)20-15;1-8(2)16-10(5)11-6-14-12(7-13(11)19-16)15(18)17(20-14)9(3)4;1-11(2)16-8-14-7-13-5-6-19(12(3)4)10-15(13)9-17(14)18-16;1-9(2)13-5-11-7-16-12(8-15(11)17-13)6-14(18-16)10(3)4/h9-10,12-13,16-17H,5-8,11H2,1-4H3,(H,21,22);9-11,13-14H,5-8,12H2,1-4H3;5-13H,1-4H3;5-12H,1-4H3;6-9H,1-5H3;7-9,11-12,18H,5-6,10H2,1-4H3;5-10H,1-4H3. The number of pyridine rings is 1. The second kappa shape index (κ2) is 44.1. The van der Waals surface area contributed by atoms with Crippen LogP contribution in [0.4, 0.5) is 10.1 Å². The highest BCUT2D eigenvalue weighted by atomic mass is 19.1. The third-order valence-electron chi connectivity index (χ3n) is 29.9. The van der Waals surface area contributed by atoms with E-state index in [9.17, 15) is 9.18 Å². The summed E-state index contributed by atoms with van der Waals surface area (Å²) in [5.41, 5.74) is 32.8. The Bertz CT molecular complexity index is 6680. The maximum absolute atomic E-state index is 14.3. The average Bonchev–Trinajstić information content (AvgIpc) is 1.63. The highest BCUT2D eigenvalue weighted by molar-refractivity contribution is 5.98. The lowest BCUT2D eigenvalue weighted by Crippen LogP contribution is -2.35. The van der Waals surface area contributed by atoms with E-state index in [-0.39, 0.29) is 23.6 Å². The number of nitrogens with one attached hydrogen (secondary N) is 2. The molecule has 7 aromatic heterocycles. The molecule has 140 heavy (non-hydrogen) atoms. The second-order valence-corrected chi connectivity index (χ2v) is 45.0. The molecule has 0 spiro atoms. The van der Waals surface area contributed by atoms with Crippen LogP contribution in [0.15, 0.2) is 181 Å². The molecule has 0 saturated carbocycles. The van der Waals surface area contributed by atoms with E-state index in [0.717, 1.165) is 139 Å². The molecule has 1 aliphatic carbocycles. The number of H-pyrrole nitrogens is 1. The van der Waals surface area contributed by atoms with Gasteiger partial charge >= 0.3 is 0 Å². The fourth-order valence-electron chi connectivity index (χ4n) is 20.2. The summed E-state index contributed by atoms with van der Waals surface area (Å²) < 4.78 is 43.7. The number of nitrogens with zero attached hydrogens (tertiary/aromatic N) is 5. The molecule has 2 N–H and O–H groups in total. The van der Waals surface area contributed by atoms with Crippen LogP contribution in [0, 0.1) is 42.3 Å². The number of anilines is 1. The van der Waals surface area contributed by atoms with Crippen molar-refractivity contribution >= 4 is 116 Å². The Kier molecular flexibility index (Phi) is 32.5. The van der Waals surface area contributed by atoms with E-state index >= 15 is 0 Å². The molecule has 1 amide bonds. The molecule has 16 aromatic rings. The molecule has 2 atom stereocenters. The van der Waals surface area contributed by atoms with E-state index in [2.05, 4.69) is 352 Å². The van der Waals surface area contributed by atoms with Crippen LogP contribution < -0.4 is 10.1 Å². The fraction of sp³-hybridized carbons (Fsp3) is 0.460. The van der Waals surface area contributed by atoms with Crippen molar-refractivity contribution in [2.75, 3.05) is 31.6 Å². The average molecular weight is 1890 g/mol. The summed E-state index contributed by atoms with van der Waals surface area (Å²) in [6, 6.07) is 58.0. The van der Waals surface area contributed by atoms with Gasteiger partial charge in [-0.2, -0.15) is 0 Å². The van der Waals surface area contributed by atoms with E-state index in [1.807, 2.05) is 26.8 Å². The third-order valence-corrected chi connectivity index (χ3v) is 29.9. The lowest BCUT2D eigenvalue weighted by molar-refractivity contribution is -0.121. The number of aromatic amines is 1. The van der Waals surface area contributed by atoms with Crippen LogP contribution in [0.2, 0.25) is 0 Å². The van der Waals surface area contributed by atoms with Gasteiger partial charge in [-0.05, 0) is 332 Å². The Labute approximate surface area is 833 Å². The normalized spacial score (nSPS) is 15.7. The van der Waals surface area contributed by atoms with Crippen LogP contribution in [-0.2, 0) is 49.9 Å². The maximum atomic E-state index is 14.3. The van der Waals surface area contributed by atoms with Crippen molar-refractivity contribution in [3.8, 4) is 5.75 Å². The van der Waals surface area contributed by atoms with Gasteiger partial charge in [0.05, 0.1) is 45.1 Å². The van der Waals surface area contributed by atoms with Gasteiger partial charge in [0, 0.05) is 112 Å². The number of carbonyl (C=O) groups excluding carboxylic acids is 1. The predicted octanol–water partition coefficient (Wildman–Crippen LogP) is 34.6. The number of hydrogen-bond acceptors (Lipinski definition) is 11. The summed E-state index contributed by atoms with van der Waals surface area (Å²) in [5, 5.41) is 10.8. The van der Waals surface area contributed by atoms with E-state index in [1.54, 1.807) is 33.9 Å². The molecular weight excluding hydrogens is 1730 g/mol. The zero-order valence-electron chi connectivity index (χ0n) is 89.6. The Morgan fingerprint density at radius 3 is 1.45 bits per heavy atom. The van der Waals surface area contributed by atoms with E-state index in [1.165, 1.54) is 117 Å². The molecule has 2 unspecified atom stereocenters. The first-order valence-corrected chi connectivity index (χ1v) is 52.8. The largest absolute Gasteiger partial charge is 0.493 e. The van der Waals surface area contributed by atoms with Gasteiger partial charge in [0.1, 0.15) is 51.1 Å². The molecule has 4 aliphatic heterocycles. The summed E-state index contributed by atoms with van der Waals surface area (Å²) in [6.07, 6.45) is 11.3. The number of allylic oxidation sites excluding steroid dienone is 1. The summed E-state index contributed by atoms with van der Waals surface area (Å²) in [5.74, 6) is 10.6. The minimum absolute atomic E-state index is 0.0287. The number of hydrogen-bond donors (Lipinski definition) is 2. The van der Waals surface area contributed by atoms with E-state index in [0.29, 0.717) is 99.8 Å². The summed E-state index contributed by atoms with van der Waals surface area (Å²) in [7, 11) is 0. The molecule has 5 aliphatic rings. The SMILES string of the molecule is CC(C)C1=Cc2cc3c(cc2C1)CCN(C(C)C)CC3.CC(C)C1CCc2cc3c(cc2OC1)CCC(C(C)C)C(=O)N3.CC(C)c1cc2cc3c(cc2[nH]1)CN(C(C)C)CC3.CC(C)c1cc2cc3oc(C(C)C)cc3cc2o1.CC(C)c1ccc2nc3cc(C(C)C)ccc3cc2c1.CC(C)c1ccc2nc3cc(C(C)C)ccc3nc2c1.Cc1c(C(C)C)oc2cc3c(F)c(C(C)C)oc3cc12. The first kappa shape index (κ1) is 103. The fourth-order valence-corrected chi connectivity index (χ4v) is 20.2. The van der Waals surface area contributed by atoms with Crippen LogP contribution in [-0.4, -0.2) is 74.0 Å². The Hall–Kier alpha value is -11.2. The molecule has 0 bridgehead atoms. The minimum atomic E-state index is -0.267. The van der Waals surface area contributed by atoms with Gasteiger partial charge in [-0.3, -0.25) is 9.69 Å². The van der Waals surface area contributed by atoms with Crippen molar-refractivity contribution in [1.29, 1.82) is 0 Å². The summed E-state index contributed by atoms with van der Waals surface area (Å²) >= 11 is 0. The van der Waals surface area contributed by atoms with Crippen molar-refractivity contribution < 1.29 is 31.6 Å². The van der Waals surface area contributed by atoms with Crippen molar-refractivity contribution in [2.45, 2.75) is 324 Å². The number of ether oxygens (including phenoxy) is 1. The number of aryl methyl sites for hydroxylation is 3. The molecular formula is C126H158FN7O6. The molecule has 740 valence electrons. The van der Waals surface area contributed by atoms with Crippen LogP contribution in [0.25, 0.3) is 105 Å². The first-order valence-electron chi connectivity index (χ1n) is 52.8. The highest BCUT2D eigenvalue weighted by Crippen LogP contribution is 2.43. The molecule has 0 radical (unpaired) electrons.